The number of ether oxygens (including phenoxy) is 1. The van der Waals surface area contributed by atoms with Gasteiger partial charge >= 0.3 is 0 Å². The van der Waals surface area contributed by atoms with Gasteiger partial charge in [-0.15, -0.1) is 0 Å². The highest BCUT2D eigenvalue weighted by molar-refractivity contribution is 6.19. The monoisotopic (exact) mass is 570 g/mol. The van der Waals surface area contributed by atoms with Gasteiger partial charge in [0.2, 0.25) is 0 Å². The van der Waals surface area contributed by atoms with Crippen molar-refractivity contribution >= 4 is 17.9 Å². The molecule has 43 heavy (non-hydrogen) atoms. The molecule has 0 fully saturated rings. The number of aryl methyl sites for hydroxylation is 1. The molecule has 0 atom stereocenters. The summed E-state index contributed by atoms with van der Waals surface area (Å²) in [5.41, 5.74) is 5.81. The third kappa shape index (κ3) is 6.34. The second kappa shape index (κ2) is 13.2. The van der Waals surface area contributed by atoms with E-state index in [1.807, 2.05) is 98.1 Å². The largest absolute Gasteiger partial charge is 0.489 e. The van der Waals surface area contributed by atoms with Gasteiger partial charge in [-0.3, -0.25) is 14.5 Å². The van der Waals surface area contributed by atoms with E-state index in [1.54, 1.807) is 17.7 Å². The first-order valence-electron chi connectivity index (χ1n) is 14.5. The highest BCUT2D eigenvalue weighted by Gasteiger charge is 2.35. The van der Waals surface area contributed by atoms with Crippen molar-refractivity contribution in [1.29, 1.82) is 5.26 Å². The number of rotatable bonds is 10. The van der Waals surface area contributed by atoms with Gasteiger partial charge in [0.1, 0.15) is 24.0 Å². The second-order valence-electron chi connectivity index (χ2n) is 10.6. The number of nitrogens with zero attached hydrogens (tertiary/aromatic N) is 4. The van der Waals surface area contributed by atoms with E-state index in [4.69, 9.17) is 9.84 Å². The maximum Gasteiger partial charge on any atom is 0.271 e. The predicted octanol–water partition coefficient (Wildman–Crippen LogP) is 7.21. The van der Waals surface area contributed by atoms with Crippen LogP contribution < -0.4 is 4.74 Å². The summed E-state index contributed by atoms with van der Waals surface area (Å²) in [4.78, 5) is 27.9. The van der Waals surface area contributed by atoms with Crippen molar-refractivity contribution < 1.29 is 14.3 Å². The molecule has 216 valence electrons. The Morgan fingerprint density at radius 1 is 0.930 bits per heavy atom. The third-order valence-electron chi connectivity index (χ3n) is 7.56. The smallest absolute Gasteiger partial charge is 0.271 e. The molecule has 4 aromatic rings. The SMILES string of the molecule is CCCCCN1C(=O)C(C#N)=C(C)/C(=C\c2cn(-c3ccccc3)nc2-c2ccc(OCc3ccccc3)c(C)c2)C1=O. The van der Waals surface area contributed by atoms with E-state index in [9.17, 15) is 14.9 Å². The summed E-state index contributed by atoms with van der Waals surface area (Å²) in [6, 6.07) is 27.7. The molecule has 7 nitrogen and oxygen atoms in total. The Labute approximate surface area is 252 Å². The maximum absolute atomic E-state index is 13.7. The average molecular weight is 571 g/mol. The van der Waals surface area contributed by atoms with Crippen LogP contribution in [0.25, 0.3) is 23.0 Å². The Hall–Kier alpha value is -5.22. The first-order valence-corrected chi connectivity index (χ1v) is 14.5. The molecule has 1 aromatic heterocycles. The summed E-state index contributed by atoms with van der Waals surface area (Å²) < 4.78 is 7.87. The van der Waals surface area contributed by atoms with Crippen LogP contribution in [0, 0.1) is 18.3 Å². The summed E-state index contributed by atoms with van der Waals surface area (Å²) in [6.45, 7) is 6.45. The first kappa shape index (κ1) is 29.3. The van der Waals surface area contributed by atoms with Gasteiger partial charge in [0, 0.05) is 29.4 Å². The first-order chi connectivity index (χ1) is 20.9. The number of hydrogen-bond donors (Lipinski definition) is 0. The van der Waals surface area contributed by atoms with Crippen LogP contribution in [-0.4, -0.2) is 33.0 Å². The van der Waals surface area contributed by atoms with Crippen LogP contribution in [0.3, 0.4) is 0 Å². The van der Waals surface area contributed by atoms with Crippen LogP contribution in [-0.2, 0) is 16.2 Å². The molecule has 0 unspecified atom stereocenters. The number of carbonyl (C=O) groups excluding carboxylic acids is 2. The molecule has 2 heterocycles. The Kier molecular flexibility index (Phi) is 8.97. The third-order valence-corrected chi connectivity index (χ3v) is 7.56. The summed E-state index contributed by atoms with van der Waals surface area (Å²) in [5, 5.41) is 14.8. The number of imide groups is 1. The number of aromatic nitrogens is 2. The molecule has 0 saturated carbocycles. The average Bonchev–Trinajstić information content (AvgIpc) is 3.45. The molecule has 0 saturated heterocycles. The van der Waals surface area contributed by atoms with Gasteiger partial charge in [-0.05, 0) is 73.4 Å². The van der Waals surface area contributed by atoms with Gasteiger partial charge < -0.3 is 4.74 Å². The zero-order valence-corrected chi connectivity index (χ0v) is 24.7. The maximum atomic E-state index is 13.7. The number of benzene rings is 3. The molecule has 0 aliphatic carbocycles. The summed E-state index contributed by atoms with van der Waals surface area (Å²) in [5.74, 6) is -0.145. The molecule has 0 N–H and O–H groups in total. The minimum atomic E-state index is -0.528. The van der Waals surface area contributed by atoms with Crippen LogP contribution >= 0.6 is 0 Å². The van der Waals surface area contributed by atoms with E-state index in [1.165, 1.54) is 4.90 Å². The minimum absolute atomic E-state index is 0.00453. The van der Waals surface area contributed by atoms with E-state index < -0.39 is 11.8 Å². The molecular formula is C36H34N4O3. The lowest BCUT2D eigenvalue weighted by Crippen LogP contribution is -2.43. The van der Waals surface area contributed by atoms with Crippen molar-refractivity contribution in [3.05, 3.63) is 118 Å². The molecule has 0 bridgehead atoms. The van der Waals surface area contributed by atoms with Crippen LogP contribution in [0.15, 0.2) is 102 Å². The summed E-state index contributed by atoms with van der Waals surface area (Å²) in [6.07, 6.45) is 6.16. The van der Waals surface area contributed by atoms with E-state index in [-0.39, 0.29) is 12.1 Å². The number of nitriles is 1. The molecule has 0 spiro atoms. The lowest BCUT2D eigenvalue weighted by atomic mass is 9.93. The second-order valence-corrected chi connectivity index (χ2v) is 10.6. The molecule has 5 rings (SSSR count). The number of hydrogen-bond acceptors (Lipinski definition) is 5. The molecule has 7 heteroatoms. The molecule has 3 aromatic carbocycles. The van der Waals surface area contributed by atoms with E-state index in [2.05, 4.69) is 6.92 Å². The van der Waals surface area contributed by atoms with E-state index >= 15 is 0 Å². The number of amides is 2. The van der Waals surface area contributed by atoms with Crippen molar-refractivity contribution in [1.82, 2.24) is 14.7 Å². The van der Waals surface area contributed by atoms with Gasteiger partial charge in [0.15, 0.2) is 0 Å². The zero-order chi connectivity index (χ0) is 30.3. The number of para-hydroxylation sites is 1. The van der Waals surface area contributed by atoms with Gasteiger partial charge in [-0.1, -0.05) is 68.3 Å². The van der Waals surface area contributed by atoms with Crippen LogP contribution in [0.2, 0.25) is 0 Å². The molecule has 2 amide bonds. The Balaban J connectivity index is 1.56. The quantitative estimate of drug-likeness (QED) is 0.114. The van der Waals surface area contributed by atoms with Gasteiger partial charge in [-0.25, -0.2) is 4.68 Å². The number of carbonyl (C=O) groups is 2. The fraction of sp³-hybridized carbons (Fsp3) is 0.222. The van der Waals surface area contributed by atoms with Crippen molar-refractivity contribution in [2.75, 3.05) is 6.54 Å². The normalized spacial score (nSPS) is 14.4. The lowest BCUT2D eigenvalue weighted by Gasteiger charge is -2.27. The molecular weight excluding hydrogens is 536 g/mol. The van der Waals surface area contributed by atoms with Crippen molar-refractivity contribution in [3.63, 3.8) is 0 Å². The minimum Gasteiger partial charge on any atom is -0.489 e. The zero-order valence-electron chi connectivity index (χ0n) is 24.7. The predicted molar refractivity (Wildman–Crippen MR) is 167 cm³/mol. The van der Waals surface area contributed by atoms with Crippen molar-refractivity contribution in [3.8, 4) is 28.8 Å². The molecule has 1 aliphatic heterocycles. The lowest BCUT2D eigenvalue weighted by molar-refractivity contribution is -0.140. The molecule has 1 aliphatic rings. The fourth-order valence-electron chi connectivity index (χ4n) is 5.13. The standard InChI is InChI=1S/C36H34N4O3/c1-4-5-12-19-39-35(41)31(26(3)32(22-37)36(39)42)21-29-23-40(30-15-10-7-11-16-30)38-34(29)28-17-18-33(25(2)20-28)43-24-27-13-8-6-9-14-27/h6-11,13-18,20-21,23H,4-5,12,19,24H2,1-3H3/b31-21+. The van der Waals surface area contributed by atoms with Crippen LogP contribution in [0.5, 0.6) is 5.75 Å². The van der Waals surface area contributed by atoms with Crippen molar-refractivity contribution in [2.24, 2.45) is 0 Å². The highest BCUT2D eigenvalue weighted by Crippen LogP contribution is 2.33. The van der Waals surface area contributed by atoms with Crippen LogP contribution in [0.1, 0.15) is 49.8 Å². The summed E-state index contributed by atoms with van der Waals surface area (Å²) >= 11 is 0. The number of unbranched alkanes of at least 4 members (excludes halogenated alkanes) is 2. The topological polar surface area (TPSA) is 88.2 Å². The van der Waals surface area contributed by atoms with Gasteiger partial charge in [0.25, 0.3) is 11.8 Å². The Bertz CT molecular complexity index is 1740. The van der Waals surface area contributed by atoms with E-state index in [0.29, 0.717) is 35.4 Å². The molecule has 0 radical (unpaired) electrons. The van der Waals surface area contributed by atoms with Gasteiger partial charge in [-0.2, -0.15) is 10.4 Å². The van der Waals surface area contributed by atoms with Crippen molar-refractivity contribution in [2.45, 2.75) is 46.6 Å². The summed E-state index contributed by atoms with van der Waals surface area (Å²) in [7, 11) is 0. The van der Waals surface area contributed by atoms with Gasteiger partial charge in [0.05, 0.1) is 11.4 Å². The highest BCUT2D eigenvalue weighted by atomic mass is 16.5. The fourth-order valence-corrected chi connectivity index (χ4v) is 5.13. The Morgan fingerprint density at radius 3 is 2.33 bits per heavy atom. The van der Waals surface area contributed by atoms with E-state index in [0.717, 1.165) is 41.0 Å². The Morgan fingerprint density at radius 2 is 1.65 bits per heavy atom. The van der Waals surface area contributed by atoms with Crippen LogP contribution in [0.4, 0.5) is 0 Å².